The summed E-state index contributed by atoms with van der Waals surface area (Å²) >= 11 is 0. The number of benzene rings is 2. The van der Waals surface area contributed by atoms with E-state index in [1.54, 1.807) is 30.3 Å². The van der Waals surface area contributed by atoms with Gasteiger partial charge in [0.2, 0.25) is 11.6 Å². The monoisotopic (exact) mass is 516 g/mol. The predicted molar refractivity (Wildman–Crippen MR) is 120 cm³/mol. The lowest BCUT2D eigenvalue weighted by Gasteiger charge is -2.31. The third kappa shape index (κ3) is 4.90. The fourth-order valence-corrected chi connectivity index (χ4v) is 3.99. The second-order valence-corrected chi connectivity index (χ2v) is 8.24. The van der Waals surface area contributed by atoms with Crippen LogP contribution in [0.5, 0.6) is 5.75 Å². The summed E-state index contributed by atoms with van der Waals surface area (Å²) in [7, 11) is 0. The Labute approximate surface area is 206 Å². The molecule has 3 N–H and O–H groups in total. The topological polar surface area (TPSA) is 144 Å². The number of fused-ring (bicyclic) bond motifs is 1. The van der Waals surface area contributed by atoms with Gasteiger partial charge in [0.25, 0.3) is 5.89 Å². The molecule has 2 atom stereocenters. The van der Waals surface area contributed by atoms with Gasteiger partial charge in [0.15, 0.2) is 0 Å². The highest BCUT2D eigenvalue weighted by atomic mass is 19.4. The van der Waals surface area contributed by atoms with Crippen LogP contribution >= 0.6 is 0 Å². The third-order valence-corrected chi connectivity index (χ3v) is 5.78. The molecule has 3 heterocycles. The number of aliphatic carboxylic acids is 1. The number of nitrogens with zero attached hydrogens (tertiary/aromatic N) is 3. The summed E-state index contributed by atoms with van der Waals surface area (Å²) < 4.78 is 57.7. The largest absolute Gasteiger partial charge is 0.491 e. The second-order valence-electron chi connectivity index (χ2n) is 8.24. The summed E-state index contributed by atoms with van der Waals surface area (Å²) in [5.74, 6) is -1.87. The number of hydrogen-bond donors (Lipinski definition) is 3. The zero-order valence-electron chi connectivity index (χ0n) is 18.9. The van der Waals surface area contributed by atoms with E-state index in [4.69, 9.17) is 18.9 Å². The molecule has 0 amide bonds. The lowest BCUT2D eigenvalue weighted by Crippen LogP contribution is -2.43. The quantitative estimate of drug-likeness (QED) is 0.330. The summed E-state index contributed by atoms with van der Waals surface area (Å²) in [5.41, 5.74) is -0.494. The molecule has 0 spiro atoms. The summed E-state index contributed by atoms with van der Waals surface area (Å²) in [6.07, 6.45) is -5.88. The molecule has 37 heavy (non-hydrogen) atoms. The highest BCUT2D eigenvalue weighted by Gasteiger charge is 2.43. The molecule has 4 aromatic rings. The highest BCUT2D eigenvalue weighted by Crippen LogP contribution is 2.43. The first-order valence-electron chi connectivity index (χ1n) is 11.1. The third-order valence-electron chi connectivity index (χ3n) is 5.78. The molecule has 2 aromatic heterocycles. The van der Waals surface area contributed by atoms with E-state index in [-0.39, 0.29) is 31.0 Å². The van der Waals surface area contributed by atoms with E-state index in [0.29, 0.717) is 16.9 Å². The van der Waals surface area contributed by atoms with E-state index in [1.165, 1.54) is 18.2 Å². The minimum Gasteiger partial charge on any atom is -0.491 e. The molecule has 0 fully saturated rings. The Hall–Kier alpha value is -4.23. The first-order chi connectivity index (χ1) is 17.7. The van der Waals surface area contributed by atoms with Gasteiger partial charge in [-0.25, -0.2) is 0 Å². The van der Waals surface area contributed by atoms with Crippen LogP contribution in [0.15, 0.2) is 57.6 Å². The van der Waals surface area contributed by atoms with Crippen LogP contribution in [0.1, 0.15) is 23.7 Å². The van der Waals surface area contributed by atoms with Crippen molar-refractivity contribution in [1.29, 1.82) is 0 Å². The molecule has 2 aromatic carbocycles. The average molecular weight is 516 g/mol. The van der Waals surface area contributed by atoms with Gasteiger partial charge in [0.05, 0.1) is 12.5 Å². The van der Waals surface area contributed by atoms with Crippen molar-refractivity contribution in [2.45, 2.75) is 24.7 Å². The molecule has 2 unspecified atom stereocenters. The van der Waals surface area contributed by atoms with E-state index in [0.717, 1.165) is 0 Å². The number of carboxylic acid groups (broad SMARTS) is 1. The van der Waals surface area contributed by atoms with Gasteiger partial charge in [-0.2, -0.15) is 18.2 Å². The van der Waals surface area contributed by atoms with Gasteiger partial charge in [-0.3, -0.25) is 4.79 Å². The maximum absolute atomic E-state index is 14.0. The first-order valence-corrected chi connectivity index (χ1v) is 11.1. The van der Waals surface area contributed by atoms with Crippen LogP contribution in [-0.4, -0.2) is 50.7 Å². The fourth-order valence-electron chi connectivity index (χ4n) is 3.99. The maximum atomic E-state index is 14.0. The first kappa shape index (κ1) is 24.5. The number of alkyl halides is 3. The molecule has 5 rings (SSSR count). The van der Waals surface area contributed by atoms with Gasteiger partial charge < -0.3 is 29.3 Å². The standard InChI is InChI=1S/C24H19F3N4O6/c25-24(26,27)18-19(12-4-2-1-3-5-12)30-36-21(18)23-29-22(31-37-23)13-6-7-14-16(10-13)35-11-15(20(14)34)28-9-8-17(32)33/h1-7,10,15,20,28,34H,8-9,11H2,(H,32,33). The van der Waals surface area contributed by atoms with Crippen LogP contribution in [0.25, 0.3) is 34.3 Å². The Bertz CT molecular complexity index is 1420. The Balaban J connectivity index is 1.41. The van der Waals surface area contributed by atoms with Crippen molar-refractivity contribution < 1.29 is 42.0 Å². The molecule has 1 aliphatic heterocycles. The molecule has 1 aliphatic rings. The summed E-state index contributed by atoms with van der Waals surface area (Å²) in [6.45, 7) is 0.233. The maximum Gasteiger partial charge on any atom is 0.422 e. The molecule has 0 saturated heterocycles. The van der Waals surface area contributed by atoms with Crippen LogP contribution < -0.4 is 10.1 Å². The number of aliphatic hydroxyl groups is 1. The van der Waals surface area contributed by atoms with Crippen LogP contribution in [0, 0.1) is 0 Å². The number of hydrogen-bond acceptors (Lipinski definition) is 9. The van der Waals surface area contributed by atoms with Gasteiger partial charge >= 0.3 is 12.1 Å². The summed E-state index contributed by atoms with van der Waals surface area (Å²) in [6, 6.07) is 11.9. The zero-order valence-corrected chi connectivity index (χ0v) is 18.9. The van der Waals surface area contributed by atoms with E-state index in [2.05, 4.69) is 20.6 Å². The fraction of sp³-hybridized carbons (Fsp3) is 0.250. The number of carbonyl (C=O) groups is 1. The van der Waals surface area contributed by atoms with Gasteiger partial charge in [-0.1, -0.05) is 52.8 Å². The second kappa shape index (κ2) is 9.67. The molecule has 13 heteroatoms. The Kier molecular flexibility index (Phi) is 6.39. The van der Waals surface area contributed by atoms with Crippen molar-refractivity contribution in [1.82, 2.24) is 20.6 Å². The molecule has 10 nitrogen and oxygen atoms in total. The smallest absolute Gasteiger partial charge is 0.422 e. The molecule has 0 aliphatic carbocycles. The van der Waals surface area contributed by atoms with E-state index >= 15 is 0 Å². The average Bonchev–Trinajstić information content (AvgIpc) is 3.53. The Morgan fingerprint density at radius 1 is 1.08 bits per heavy atom. The minimum absolute atomic E-state index is 0.0246. The van der Waals surface area contributed by atoms with Crippen molar-refractivity contribution in [2.24, 2.45) is 0 Å². The Morgan fingerprint density at radius 3 is 2.59 bits per heavy atom. The number of aromatic nitrogens is 3. The number of aliphatic hydroxyl groups excluding tert-OH is 1. The van der Waals surface area contributed by atoms with Crippen molar-refractivity contribution in [3.05, 3.63) is 59.7 Å². The van der Waals surface area contributed by atoms with Gasteiger partial charge in [-0.05, 0) is 6.07 Å². The van der Waals surface area contributed by atoms with Gasteiger partial charge in [-0.15, -0.1) is 0 Å². The lowest BCUT2D eigenvalue weighted by molar-refractivity contribution is -0.137. The van der Waals surface area contributed by atoms with Gasteiger partial charge in [0.1, 0.15) is 29.7 Å². The Morgan fingerprint density at radius 2 is 1.86 bits per heavy atom. The normalized spacial score (nSPS) is 17.3. The number of ether oxygens (including phenoxy) is 1. The molecule has 0 bridgehead atoms. The number of halogens is 3. The number of nitrogens with one attached hydrogen (secondary N) is 1. The van der Waals surface area contributed by atoms with Crippen LogP contribution in [-0.2, 0) is 11.0 Å². The molecule has 0 radical (unpaired) electrons. The SMILES string of the molecule is O=C(O)CCNC1COc2cc(-c3noc(-c4onc(-c5ccccc5)c4C(F)(F)F)n3)ccc2C1O. The summed E-state index contributed by atoms with van der Waals surface area (Å²) in [4.78, 5) is 14.8. The van der Waals surface area contributed by atoms with Crippen molar-refractivity contribution >= 4 is 5.97 Å². The van der Waals surface area contributed by atoms with E-state index in [9.17, 15) is 23.1 Å². The van der Waals surface area contributed by atoms with Crippen molar-refractivity contribution in [3.8, 4) is 40.0 Å². The highest BCUT2D eigenvalue weighted by molar-refractivity contribution is 5.71. The predicted octanol–water partition coefficient (Wildman–Crippen LogP) is 3.94. The number of rotatable bonds is 7. The van der Waals surface area contributed by atoms with E-state index in [1.807, 2.05) is 0 Å². The van der Waals surface area contributed by atoms with Crippen LogP contribution in [0.3, 0.4) is 0 Å². The van der Waals surface area contributed by atoms with Crippen LogP contribution in [0.2, 0.25) is 0 Å². The lowest BCUT2D eigenvalue weighted by atomic mass is 9.97. The number of carboxylic acids is 1. The molecular weight excluding hydrogens is 497 g/mol. The van der Waals surface area contributed by atoms with Crippen molar-refractivity contribution in [2.75, 3.05) is 13.2 Å². The van der Waals surface area contributed by atoms with Crippen molar-refractivity contribution in [3.63, 3.8) is 0 Å². The van der Waals surface area contributed by atoms with Gasteiger partial charge in [0, 0.05) is 23.2 Å². The molecule has 0 saturated carbocycles. The molecule has 192 valence electrons. The van der Waals surface area contributed by atoms with E-state index < -0.39 is 47.2 Å². The minimum atomic E-state index is -4.81. The van der Waals surface area contributed by atoms with Crippen LogP contribution in [0.4, 0.5) is 13.2 Å². The zero-order chi connectivity index (χ0) is 26.2. The summed E-state index contributed by atoms with van der Waals surface area (Å²) in [5, 5.41) is 29.7. The molecular formula is C24H19F3N4O6.